The third-order valence-electron chi connectivity index (χ3n) is 4.25. The molecular weight excluding hydrogens is 276 g/mol. The molecule has 22 heavy (non-hydrogen) atoms. The van der Waals surface area contributed by atoms with Crippen molar-refractivity contribution in [2.45, 2.75) is 38.6 Å². The van der Waals surface area contributed by atoms with Gasteiger partial charge in [-0.05, 0) is 49.8 Å². The topological polar surface area (TPSA) is 59.0 Å². The van der Waals surface area contributed by atoms with E-state index in [4.69, 9.17) is 0 Å². The molecule has 1 aliphatic rings. The van der Waals surface area contributed by atoms with Crippen molar-refractivity contribution in [3.63, 3.8) is 0 Å². The van der Waals surface area contributed by atoms with Crippen molar-refractivity contribution in [3.05, 3.63) is 42.7 Å². The quantitative estimate of drug-likeness (QED) is 0.910. The third kappa shape index (κ3) is 3.47. The number of anilines is 1. The molecule has 1 aromatic heterocycles. The van der Waals surface area contributed by atoms with Gasteiger partial charge in [-0.25, -0.2) is 9.48 Å². The van der Waals surface area contributed by atoms with Crippen molar-refractivity contribution in [3.8, 4) is 5.69 Å². The number of rotatable bonds is 3. The molecule has 1 saturated carbocycles. The standard InChI is InChI=1S/C17H22N4O/c1-13-7-9-14(10-8-13)19-17(22)20-15-5-2-3-6-16(15)21-12-4-11-18-21/h2-6,11-14H,7-10H2,1H3,(H2,19,20,22). The molecule has 2 amide bonds. The number of aromatic nitrogens is 2. The second-order valence-electron chi connectivity index (χ2n) is 6.02. The molecule has 0 spiro atoms. The zero-order chi connectivity index (χ0) is 15.4. The average Bonchev–Trinajstić information content (AvgIpc) is 3.04. The largest absolute Gasteiger partial charge is 0.335 e. The molecule has 5 heteroatoms. The molecule has 0 atom stereocenters. The number of carbonyl (C=O) groups excluding carboxylic acids is 1. The molecule has 0 bridgehead atoms. The van der Waals surface area contributed by atoms with Gasteiger partial charge < -0.3 is 10.6 Å². The number of amides is 2. The summed E-state index contributed by atoms with van der Waals surface area (Å²) in [5.74, 6) is 0.779. The lowest BCUT2D eigenvalue weighted by Gasteiger charge is -2.27. The fourth-order valence-electron chi connectivity index (χ4n) is 2.94. The Morgan fingerprint density at radius 2 is 1.95 bits per heavy atom. The van der Waals surface area contributed by atoms with Crippen LogP contribution in [-0.2, 0) is 0 Å². The number of hydrogen-bond donors (Lipinski definition) is 2. The summed E-state index contributed by atoms with van der Waals surface area (Å²) >= 11 is 0. The number of urea groups is 1. The monoisotopic (exact) mass is 298 g/mol. The van der Waals surface area contributed by atoms with Crippen molar-refractivity contribution in [1.82, 2.24) is 15.1 Å². The van der Waals surface area contributed by atoms with Crippen molar-refractivity contribution < 1.29 is 4.79 Å². The third-order valence-corrected chi connectivity index (χ3v) is 4.25. The lowest BCUT2D eigenvalue weighted by molar-refractivity contribution is 0.239. The number of benzene rings is 1. The normalized spacial score (nSPS) is 21.3. The molecule has 2 N–H and O–H groups in total. The van der Waals surface area contributed by atoms with Crippen LogP contribution in [0.25, 0.3) is 5.69 Å². The van der Waals surface area contributed by atoms with E-state index in [-0.39, 0.29) is 12.1 Å². The van der Waals surface area contributed by atoms with Crippen LogP contribution in [0.1, 0.15) is 32.6 Å². The molecule has 5 nitrogen and oxygen atoms in total. The molecule has 1 aliphatic carbocycles. The Morgan fingerprint density at radius 3 is 2.68 bits per heavy atom. The Balaban J connectivity index is 1.65. The van der Waals surface area contributed by atoms with E-state index in [0.29, 0.717) is 0 Å². The Morgan fingerprint density at radius 1 is 1.18 bits per heavy atom. The van der Waals surface area contributed by atoms with Crippen molar-refractivity contribution in [1.29, 1.82) is 0 Å². The maximum absolute atomic E-state index is 12.2. The van der Waals surface area contributed by atoms with E-state index in [9.17, 15) is 4.79 Å². The first-order chi connectivity index (χ1) is 10.7. The summed E-state index contributed by atoms with van der Waals surface area (Å²) < 4.78 is 1.75. The van der Waals surface area contributed by atoms with Gasteiger partial charge in [-0.1, -0.05) is 19.1 Å². The fourth-order valence-corrected chi connectivity index (χ4v) is 2.94. The van der Waals surface area contributed by atoms with Crippen molar-refractivity contribution >= 4 is 11.7 Å². The van der Waals surface area contributed by atoms with Gasteiger partial charge in [0.2, 0.25) is 0 Å². The number of hydrogen-bond acceptors (Lipinski definition) is 2. The van der Waals surface area contributed by atoms with Crippen molar-refractivity contribution in [2.75, 3.05) is 5.32 Å². The van der Waals surface area contributed by atoms with Crippen LogP contribution in [0.2, 0.25) is 0 Å². The van der Waals surface area contributed by atoms with Crippen LogP contribution in [-0.4, -0.2) is 21.9 Å². The zero-order valence-corrected chi connectivity index (χ0v) is 12.8. The van der Waals surface area contributed by atoms with Gasteiger partial charge in [0.05, 0.1) is 11.4 Å². The van der Waals surface area contributed by atoms with E-state index < -0.39 is 0 Å². The highest BCUT2D eigenvalue weighted by molar-refractivity contribution is 5.91. The average molecular weight is 298 g/mol. The van der Waals surface area contributed by atoms with Crippen LogP contribution in [0, 0.1) is 5.92 Å². The van der Waals surface area contributed by atoms with Gasteiger partial charge >= 0.3 is 6.03 Å². The van der Waals surface area contributed by atoms with Gasteiger partial charge in [0.15, 0.2) is 0 Å². The minimum Gasteiger partial charge on any atom is -0.335 e. The number of nitrogens with zero attached hydrogens (tertiary/aromatic N) is 2. The van der Waals surface area contributed by atoms with E-state index in [0.717, 1.165) is 30.1 Å². The zero-order valence-electron chi connectivity index (χ0n) is 12.8. The van der Waals surface area contributed by atoms with Crippen LogP contribution in [0.15, 0.2) is 42.7 Å². The van der Waals surface area contributed by atoms with Crippen LogP contribution >= 0.6 is 0 Å². The van der Waals surface area contributed by atoms with Gasteiger partial charge in [-0.2, -0.15) is 5.10 Å². The highest BCUT2D eigenvalue weighted by Gasteiger charge is 2.20. The predicted octanol–water partition coefficient (Wildman–Crippen LogP) is 3.57. The summed E-state index contributed by atoms with van der Waals surface area (Å²) in [5.41, 5.74) is 1.62. The van der Waals surface area contributed by atoms with E-state index in [1.807, 2.05) is 36.5 Å². The molecule has 1 heterocycles. The first kappa shape index (κ1) is 14.6. The Labute approximate surface area is 130 Å². The maximum atomic E-state index is 12.2. The second kappa shape index (κ2) is 6.64. The number of para-hydroxylation sites is 2. The molecule has 0 radical (unpaired) electrons. The fraction of sp³-hybridized carbons (Fsp3) is 0.412. The van der Waals surface area contributed by atoms with Crippen LogP contribution < -0.4 is 10.6 Å². The molecule has 3 rings (SSSR count). The van der Waals surface area contributed by atoms with Gasteiger partial charge in [-0.15, -0.1) is 0 Å². The van der Waals surface area contributed by atoms with E-state index in [1.54, 1.807) is 10.9 Å². The molecule has 2 aromatic rings. The number of carbonyl (C=O) groups is 1. The van der Waals surface area contributed by atoms with Crippen LogP contribution in [0.3, 0.4) is 0 Å². The van der Waals surface area contributed by atoms with E-state index in [2.05, 4.69) is 22.7 Å². The lowest BCUT2D eigenvalue weighted by Crippen LogP contribution is -2.40. The molecule has 0 saturated heterocycles. The molecule has 0 unspecified atom stereocenters. The molecular formula is C17H22N4O. The molecule has 116 valence electrons. The maximum Gasteiger partial charge on any atom is 0.319 e. The summed E-state index contributed by atoms with van der Waals surface area (Å²) in [6, 6.07) is 9.67. The SMILES string of the molecule is CC1CCC(NC(=O)Nc2ccccc2-n2cccn2)CC1. The van der Waals surface area contributed by atoms with Gasteiger partial charge in [0.25, 0.3) is 0 Å². The Kier molecular flexibility index (Phi) is 4.42. The highest BCUT2D eigenvalue weighted by Crippen LogP contribution is 2.24. The summed E-state index contributed by atoms with van der Waals surface area (Å²) in [7, 11) is 0. The summed E-state index contributed by atoms with van der Waals surface area (Å²) in [6.45, 7) is 2.27. The molecule has 0 aliphatic heterocycles. The minimum absolute atomic E-state index is 0.140. The van der Waals surface area contributed by atoms with Gasteiger partial charge in [0, 0.05) is 18.4 Å². The van der Waals surface area contributed by atoms with Gasteiger partial charge in [-0.3, -0.25) is 0 Å². The molecule has 1 aromatic carbocycles. The predicted molar refractivity (Wildman–Crippen MR) is 87.1 cm³/mol. The highest BCUT2D eigenvalue weighted by atomic mass is 16.2. The first-order valence-electron chi connectivity index (χ1n) is 7.89. The summed E-state index contributed by atoms with van der Waals surface area (Å²) in [6.07, 6.45) is 8.09. The van der Waals surface area contributed by atoms with Gasteiger partial charge in [0.1, 0.15) is 0 Å². The summed E-state index contributed by atoms with van der Waals surface area (Å²) in [4.78, 5) is 12.2. The number of nitrogens with one attached hydrogen (secondary N) is 2. The van der Waals surface area contributed by atoms with E-state index in [1.165, 1.54) is 12.8 Å². The van der Waals surface area contributed by atoms with Crippen LogP contribution in [0.5, 0.6) is 0 Å². The van der Waals surface area contributed by atoms with Crippen molar-refractivity contribution in [2.24, 2.45) is 5.92 Å². The Bertz CT molecular complexity index is 615. The smallest absolute Gasteiger partial charge is 0.319 e. The second-order valence-corrected chi connectivity index (χ2v) is 6.02. The molecule has 1 fully saturated rings. The minimum atomic E-state index is -0.140. The summed E-state index contributed by atoms with van der Waals surface area (Å²) in [5, 5.41) is 10.3. The van der Waals surface area contributed by atoms with Crippen LogP contribution in [0.4, 0.5) is 10.5 Å². The Hall–Kier alpha value is -2.30. The van der Waals surface area contributed by atoms with E-state index >= 15 is 0 Å². The lowest BCUT2D eigenvalue weighted by atomic mass is 9.87. The first-order valence-corrected chi connectivity index (χ1v) is 7.89.